The molecule has 128 valence electrons. The molecule has 6 rings (SSSR count). The van der Waals surface area contributed by atoms with Gasteiger partial charge in [0.05, 0.1) is 12.3 Å². The number of esters is 1. The zero-order valence-corrected chi connectivity index (χ0v) is 14.5. The van der Waals surface area contributed by atoms with E-state index in [2.05, 4.69) is 26.0 Å². The third-order valence-electron chi connectivity index (χ3n) is 5.67. The minimum atomic E-state index is -0.347. The second-order valence-corrected chi connectivity index (χ2v) is 7.34. The average molecular weight is 344 g/mol. The predicted octanol–water partition coefficient (Wildman–Crippen LogP) is 4.16. The van der Waals surface area contributed by atoms with Gasteiger partial charge in [0.15, 0.2) is 0 Å². The number of carbonyl (C=O) groups excluding carboxylic acids is 1. The van der Waals surface area contributed by atoms with Crippen LogP contribution in [0.1, 0.15) is 33.7 Å². The Morgan fingerprint density at radius 2 is 1.69 bits per heavy atom. The van der Waals surface area contributed by atoms with Gasteiger partial charge in [-0.25, -0.2) is 0 Å². The van der Waals surface area contributed by atoms with Crippen molar-refractivity contribution in [1.82, 2.24) is 0 Å². The highest BCUT2D eigenvalue weighted by Gasteiger charge is 2.46. The molecule has 0 N–H and O–H groups in total. The van der Waals surface area contributed by atoms with Gasteiger partial charge in [-0.1, -0.05) is 18.2 Å². The number of carbonyl (C=O) groups is 1. The quantitative estimate of drug-likeness (QED) is 0.454. The summed E-state index contributed by atoms with van der Waals surface area (Å²) in [6.45, 7) is 4.20. The fourth-order valence-electron chi connectivity index (χ4n) is 4.73. The standard InChI is InChI=1S/C22H16O4/c1-10-7-11(2)18-16(8-10)26-22-21(18)20-15(25-22)6-4-12-3-5-14-13(19(12)20)9-17(23)24-14/h3-8,21-22H,9H2,1-2H3/t21-,22-/m0/s1. The van der Waals surface area contributed by atoms with Gasteiger partial charge < -0.3 is 14.2 Å². The Morgan fingerprint density at radius 3 is 2.54 bits per heavy atom. The number of aryl methyl sites for hydroxylation is 2. The highest BCUT2D eigenvalue weighted by Crippen LogP contribution is 2.55. The van der Waals surface area contributed by atoms with E-state index < -0.39 is 0 Å². The van der Waals surface area contributed by atoms with Crippen LogP contribution in [0.2, 0.25) is 0 Å². The van der Waals surface area contributed by atoms with E-state index in [0.29, 0.717) is 12.2 Å². The van der Waals surface area contributed by atoms with Crippen LogP contribution in [-0.4, -0.2) is 12.3 Å². The third-order valence-corrected chi connectivity index (χ3v) is 5.67. The molecule has 0 saturated carbocycles. The SMILES string of the molecule is Cc1cc(C)c2c(c1)O[C@@H]1Oc3ccc4ccc5c(c4c3[C@H]21)CC(=O)O5. The predicted molar refractivity (Wildman–Crippen MR) is 96.1 cm³/mol. The van der Waals surface area contributed by atoms with Crippen LogP contribution < -0.4 is 14.2 Å². The van der Waals surface area contributed by atoms with Crippen molar-refractivity contribution in [3.05, 3.63) is 64.2 Å². The lowest BCUT2D eigenvalue weighted by atomic mass is 9.85. The molecule has 4 nitrogen and oxygen atoms in total. The first-order valence-corrected chi connectivity index (χ1v) is 8.84. The summed E-state index contributed by atoms with van der Waals surface area (Å²) in [5.41, 5.74) is 5.66. The van der Waals surface area contributed by atoms with E-state index in [1.165, 1.54) is 16.7 Å². The van der Waals surface area contributed by atoms with Gasteiger partial charge in [-0.15, -0.1) is 0 Å². The Balaban J connectivity index is 1.68. The summed E-state index contributed by atoms with van der Waals surface area (Å²) in [5, 5.41) is 2.18. The molecule has 0 aromatic heterocycles. The number of benzene rings is 3. The molecule has 3 heterocycles. The third kappa shape index (κ3) is 1.66. The summed E-state index contributed by atoms with van der Waals surface area (Å²) < 4.78 is 17.7. The van der Waals surface area contributed by atoms with Gasteiger partial charge in [-0.3, -0.25) is 4.79 Å². The molecule has 0 unspecified atom stereocenters. The van der Waals surface area contributed by atoms with E-state index in [1.54, 1.807) is 0 Å². The van der Waals surface area contributed by atoms with Crippen LogP contribution in [0.4, 0.5) is 0 Å². The molecule has 3 aromatic carbocycles. The number of rotatable bonds is 0. The van der Waals surface area contributed by atoms with Gasteiger partial charge in [-0.2, -0.15) is 0 Å². The molecule has 0 spiro atoms. The Morgan fingerprint density at radius 1 is 0.923 bits per heavy atom. The second kappa shape index (κ2) is 4.58. The van der Waals surface area contributed by atoms with E-state index >= 15 is 0 Å². The van der Waals surface area contributed by atoms with Crippen molar-refractivity contribution in [2.45, 2.75) is 32.5 Å². The van der Waals surface area contributed by atoms with Gasteiger partial charge in [0, 0.05) is 16.7 Å². The average Bonchev–Trinajstić information content (AvgIpc) is 3.23. The molecule has 0 aliphatic carbocycles. The van der Waals surface area contributed by atoms with Crippen LogP contribution >= 0.6 is 0 Å². The fraction of sp³-hybridized carbons (Fsp3) is 0.227. The normalized spacial score (nSPS) is 21.5. The first kappa shape index (κ1) is 14.2. The van der Waals surface area contributed by atoms with Crippen molar-refractivity contribution in [1.29, 1.82) is 0 Å². The van der Waals surface area contributed by atoms with Crippen LogP contribution in [0.25, 0.3) is 10.8 Å². The zero-order chi connectivity index (χ0) is 17.6. The van der Waals surface area contributed by atoms with E-state index in [9.17, 15) is 4.79 Å². The topological polar surface area (TPSA) is 44.8 Å². The second-order valence-electron chi connectivity index (χ2n) is 7.34. The maximum atomic E-state index is 11.9. The summed E-state index contributed by atoms with van der Waals surface area (Å²) in [4.78, 5) is 11.9. The molecular weight excluding hydrogens is 328 g/mol. The van der Waals surface area contributed by atoms with Crippen molar-refractivity contribution in [3.63, 3.8) is 0 Å². The zero-order valence-electron chi connectivity index (χ0n) is 14.5. The Hall–Kier alpha value is -3.01. The first-order valence-electron chi connectivity index (χ1n) is 8.84. The number of fused-ring (bicyclic) bond motifs is 9. The molecule has 0 bridgehead atoms. The van der Waals surface area contributed by atoms with Crippen LogP contribution in [0.5, 0.6) is 17.2 Å². The van der Waals surface area contributed by atoms with Gasteiger partial charge in [0.25, 0.3) is 6.29 Å². The summed E-state index contributed by atoms with van der Waals surface area (Å²) >= 11 is 0. The minimum Gasteiger partial charge on any atom is -0.454 e. The van der Waals surface area contributed by atoms with Crippen LogP contribution in [0.3, 0.4) is 0 Å². The molecule has 26 heavy (non-hydrogen) atoms. The molecule has 3 aromatic rings. The lowest BCUT2D eigenvalue weighted by Gasteiger charge is -2.14. The van der Waals surface area contributed by atoms with E-state index in [-0.39, 0.29) is 18.2 Å². The van der Waals surface area contributed by atoms with Crippen LogP contribution in [0, 0.1) is 13.8 Å². The summed E-state index contributed by atoms with van der Waals surface area (Å²) in [7, 11) is 0. The molecule has 0 radical (unpaired) electrons. The lowest BCUT2D eigenvalue weighted by Crippen LogP contribution is -2.20. The van der Waals surface area contributed by atoms with Crippen LogP contribution in [0.15, 0.2) is 36.4 Å². The maximum absolute atomic E-state index is 11.9. The molecule has 3 aliphatic heterocycles. The first-order chi connectivity index (χ1) is 12.6. The largest absolute Gasteiger partial charge is 0.454 e. The molecule has 2 atom stereocenters. The molecule has 0 fully saturated rings. The number of hydrogen-bond acceptors (Lipinski definition) is 4. The smallest absolute Gasteiger partial charge is 0.315 e. The highest BCUT2D eigenvalue weighted by molar-refractivity contribution is 5.99. The monoisotopic (exact) mass is 344 g/mol. The Bertz CT molecular complexity index is 1140. The molecule has 0 saturated heterocycles. The van der Waals surface area contributed by atoms with E-state index in [0.717, 1.165) is 33.4 Å². The lowest BCUT2D eigenvalue weighted by molar-refractivity contribution is -0.131. The van der Waals surface area contributed by atoms with E-state index in [4.69, 9.17) is 14.2 Å². The van der Waals surface area contributed by atoms with Crippen LogP contribution in [-0.2, 0) is 11.2 Å². The highest BCUT2D eigenvalue weighted by atomic mass is 16.7. The molecular formula is C22H16O4. The summed E-state index contributed by atoms with van der Waals surface area (Å²) in [6.07, 6.45) is -0.0406. The van der Waals surface area contributed by atoms with Crippen molar-refractivity contribution in [2.24, 2.45) is 0 Å². The van der Waals surface area contributed by atoms with Gasteiger partial charge in [0.2, 0.25) is 0 Å². The number of hydrogen-bond donors (Lipinski definition) is 0. The maximum Gasteiger partial charge on any atom is 0.315 e. The summed E-state index contributed by atoms with van der Waals surface area (Å²) in [6, 6.07) is 12.2. The fourth-order valence-corrected chi connectivity index (χ4v) is 4.73. The summed E-state index contributed by atoms with van der Waals surface area (Å²) in [5.74, 6) is 2.23. The van der Waals surface area contributed by atoms with Crippen molar-refractivity contribution in [2.75, 3.05) is 0 Å². The van der Waals surface area contributed by atoms with Gasteiger partial charge >= 0.3 is 5.97 Å². The molecule has 4 heteroatoms. The molecule has 3 aliphatic rings. The van der Waals surface area contributed by atoms with Crippen molar-refractivity contribution < 1.29 is 19.0 Å². The molecule has 0 amide bonds. The Kier molecular flexibility index (Phi) is 2.50. The van der Waals surface area contributed by atoms with E-state index in [1.807, 2.05) is 24.3 Å². The minimum absolute atomic E-state index is 0.0199. The van der Waals surface area contributed by atoms with Gasteiger partial charge in [-0.05, 0) is 53.9 Å². The van der Waals surface area contributed by atoms with Crippen molar-refractivity contribution in [3.8, 4) is 17.2 Å². The van der Waals surface area contributed by atoms with Crippen molar-refractivity contribution >= 4 is 16.7 Å². The Labute approximate surface area is 150 Å². The van der Waals surface area contributed by atoms with Gasteiger partial charge in [0.1, 0.15) is 17.2 Å². The number of ether oxygens (including phenoxy) is 3.